The van der Waals surface area contributed by atoms with Crippen LogP contribution in [0.4, 0.5) is 17.2 Å². The van der Waals surface area contributed by atoms with E-state index in [1.807, 2.05) is 38.1 Å². The molecule has 0 radical (unpaired) electrons. The second-order valence-electron chi connectivity index (χ2n) is 4.71. The van der Waals surface area contributed by atoms with Crippen LogP contribution < -0.4 is 10.6 Å². The molecule has 4 nitrogen and oxygen atoms in total. The molecule has 2 N–H and O–H groups in total. The number of carbonyl (C=O) groups excluding carboxylic acids is 1. The van der Waals surface area contributed by atoms with Gasteiger partial charge < -0.3 is 10.6 Å². The molecule has 2 aromatic rings. The number of hydrogen-bond donors (Lipinski definition) is 2. The Morgan fingerprint density at radius 3 is 2.30 bits per heavy atom. The molecule has 0 aliphatic carbocycles. The first kappa shape index (κ1) is 14.3. The molecule has 0 aliphatic rings. The highest BCUT2D eigenvalue weighted by atomic mass is 35.5. The summed E-state index contributed by atoms with van der Waals surface area (Å²) in [6.45, 7) is 3.69. The van der Waals surface area contributed by atoms with Crippen LogP contribution in [0.1, 0.15) is 13.8 Å². The molecule has 1 aromatic carbocycles. The topological polar surface area (TPSA) is 54.0 Å². The number of carbonyl (C=O) groups is 1. The summed E-state index contributed by atoms with van der Waals surface area (Å²) in [7, 11) is 0. The Hall–Kier alpha value is -2.07. The van der Waals surface area contributed by atoms with Gasteiger partial charge in [-0.3, -0.25) is 4.79 Å². The molecule has 0 fully saturated rings. The van der Waals surface area contributed by atoms with Crippen molar-refractivity contribution in [3.8, 4) is 0 Å². The zero-order chi connectivity index (χ0) is 14.5. The van der Waals surface area contributed by atoms with Crippen molar-refractivity contribution in [3.63, 3.8) is 0 Å². The molecule has 0 bridgehead atoms. The van der Waals surface area contributed by atoms with Crippen LogP contribution in [0.5, 0.6) is 0 Å². The maximum atomic E-state index is 11.6. The molecular formula is C15H16ClN3O. The van der Waals surface area contributed by atoms with Gasteiger partial charge in [0.25, 0.3) is 0 Å². The van der Waals surface area contributed by atoms with E-state index in [1.54, 1.807) is 18.3 Å². The van der Waals surface area contributed by atoms with Gasteiger partial charge in [0.05, 0.1) is 11.9 Å². The van der Waals surface area contributed by atoms with Gasteiger partial charge in [0, 0.05) is 16.6 Å². The summed E-state index contributed by atoms with van der Waals surface area (Å²) in [6.07, 6.45) is 1.62. The van der Waals surface area contributed by atoms with Crippen molar-refractivity contribution in [1.29, 1.82) is 0 Å². The van der Waals surface area contributed by atoms with Crippen LogP contribution in [-0.2, 0) is 4.79 Å². The quantitative estimate of drug-likeness (QED) is 0.892. The lowest BCUT2D eigenvalue weighted by molar-refractivity contribution is -0.118. The van der Waals surface area contributed by atoms with Crippen LogP contribution in [-0.4, -0.2) is 10.9 Å². The molecule has 0 saturated heterocycles. The smallest absolute Gasteiger partial charge is 0.226 e. The first-order valence-electron chi connectivity index (χ1n) is 6.34. The zero-order valence-corrected chi connectivity index (χ0v) is 12.1. The Morgan fingerprint density at radius 1 is 1.10 bits per heavy atom. The third-order valence-corrected chi connectivity index (χ3v) is 2.92. The summed E-state index contributed by atoms with van der Waals surface area (Å²) in [5.74, 6) is 0.627. The van der Waals surface area contributed by atoms with Crippen molar-refractivity contribution < 1.29 is 4.79 Å². The Kier molecular flexibility index (Phi) is 4.58. The van der Waals surface area contributed by atoms with Gasteiger partial charge in [-0.25, -0.2) is 4.98 Å². The number of aromatic nitrogens is 1. The second kappa shape index (κ2) is 6.39. The summed E-state index contributed by atoms with van der Waals surface area (Å²) in [4.78, 5) is 15.8. The van der Waals surface area contributed by atoms with Crippen LogP contribution in [0.15, 0.2) is 42.6 Å². The van der Waals surface area contributed by atoms with E-state index in [1.165, 1.54) is 0 Å². The number of rotatable bonds is 4. The van der Waals surface area contributed by atoms with Gasteiger partial charge >= 0.3 is 0 Å². The van der Waals surface area contributed by atoms with E-state index >= 15 is 0 Å². The molecule has 20 heavy (non-hydrogen) atoms. The maximum Gasteiger partial charge on any atom is 0.226 e. The first-order valence-corrected chi connectivity index (χ1v) is 6.72. The highest BCUT2D eigenvalue weighted by molar-refractivity contribution is 6.30. The minimum absolute atomic E-state index is 0.0230. The third kappa shape index (κ3) is 3.96. The Morgan fingerprint density at radius 2 is 1.75 bits per heavy atom. The lowest BCUT2D eigenvalue weighted by Crippen LogP contribution is -2.17. The van der Waals surface area contributed by atoms with E-state index in [0.29, 0.717) is 16.5 Å². The van der Waals surface area contributed by atoms with Gasteiger partial charge in [-0.15, -0.1) is 0 Å². The number of halogens is 1. The molecular weight excluding hydrogens is 274 g/mol. The van der Waals surface area contributed by atoms with E-state index in [2.05, 4.69) is 15.6 Å². The Bertz CT molecular complexity index is 579. The Balaban J connectivity index is 2.01. The van der Waals surface area contributed by atoms with E-state index in [-0.39, 0.29) is 11.8 Å². The fraction of sp³-hybridized carbons (Fsp3) is 0.200. The molecule has 0 aliphatic heterocycles. The van der Waals surface area contributed by atoms with Crippen molar-refractivity contribution in [2.75, 3.05) is 10.6 Å². The fourth-order valence-corrected chi connectivity index (χ4v) is 1.64. The van der Waals surface area contributed by atoms with Crippen LogP contribution >= 0.6 is 11.6 Å². The molecule has 0 spiro atoms. The number of anilines is 3. The van der Waals surface area contributed by atoms with Gasteiger partial charge in [-0.2, -0.15) is 0 Å². The largest absolute Gasteiger partial charge is 0.340 e. The van der Waals surface area contributed by atoms with Crippen LogP contribution in [0.3, 0.4) is 0 Å². The van der Waals surface area contributed by atoms with Crippen molar-refractivity contribution in [2.24, 2.45) is 5.92 Å². The van der Waals surface area contributed by atoms with E-state index < -0.39 is 0 Å². The predicted octanol–water partition coefficient (Wildman–Crippen LogP) is 4.07. The van der Waals surface area contributed by atoms with E-state index in [0.717, 1.165) is 5.69 Å². The molecule has 2 rings (SSSR count). The number of nitrogens with zero attached hydrogens (tertiary/aromatic N) is 1. The average molecular weight is 290 g/mol. The fourth-order valence-electron chi connectivity index (χ4n) is 1.51. The molecule has 0 atom stereocenters. The van der Waals surface area contributed by atoms with Crippen molar-refractivity contribution in [2.45, 2.75) is 13.8 Å². The van der Waals surface area contributed by atoms with Crippen LogP contribution in [0.2, 0.25) is 5.02 Å². The van der Waals surface area contributed by atoms with E-state index in [9.17, 15) is 4.79 Å². The minimum atomic E-state index is -0.0538. The highest BCUT2D eigenvalue weighted by Crippen LogP contribution is 2.18. The first-order chi connectivity index (χ1) is 9.54. The average Bonchev–Trinajstić information content (AvgIpc) is 2.43. The molecule has 0 unspecified atom stereocenters. The number of benzene rings is 1. The van der Waals surface area contributed by atoms with Gasteiger partial charge in [-0.1, -0.05) is 25.4 Å². The second-order valence-corrected chi connectivity index (χ2v) is 5.14. The zero-order valence-electron chi connectivity index (χ0n) is 11.4. The monoisotopic (exact) mass is 289 g/mol. The lowest BCUT2D eigenvalue weighted by Gasteiger charge is -2.09. The highest BCUT2D eigenvalue weighted by Gasteiger charge is 2.07. The van der Waals surface area contributed by atoms with Crippen LogP contribution in [0, 0.1) is 5.92 Å². The third-order valence-electron chi connectivity index (χ3n) is 2.67. The predicted molar refractivity (Wildman–Crippen MR) is 82.4 cm³/mol. The maximum absolute atomic E-state index is 11.6. The lowest BCUT2D eigenvalue weighted by atomic mass is 10.2. The standard InChI is InChI=1S/C15H16ClN3O/c1-10(2)15(20)19-13-7-8-14(17-9-13)18-12-5-3-11(16)4-6-12/h3-10H,1-2H3,(H,17,18)(H,19,20). The molecule has 1 heterocycles. The van der Waals surface area contributed by atoms with Gasteiger partial charge in [0.2, 0.25) is 5.91 Å². The van der Waals surface area contributed by atoms with E-state index in [4.69, 9.17) is 11.6 Å². The summed E-state index contributed by atoms with van der Waals surface area (Å²) in [5.41, 5.74) is 1.59. The number of nitrogens with one attached hydrogen (secondary N) is 2. The number of pyridine rings is 1. The molecule has 104 valence electrons. The van der Waals surface area contributed by atoms with Gasteiger partial charge in [0.15, 0.2) is 0 Å². The van der Waals surface area contributed by atoms with Crippen LogP contribution in [0.25, 0.3) is 0 Å². The van der Waals surface area contributed by atoms with Gasteiger partial charge in [0.1, 0.15) is 5.82 Å². The van der Waals surface area contributed by atoms with Gasteiger partial charge in [-0.05, 0) is 36.4 Å². The summed E-state index contributed by atoms with van der Waals surface area (Å²) >= 11 is 5.83. The molecule has 5 heteroatoms. The minimum Gasteiger partial charge on any atom is -0.340 e. The summed E-state index contributed by atoms with van der Waals surface area (Å²) < 4.78 is 0. The number of hydrogen-bond acceptors (Lipinski definition) is 3. The molecule has 1 aromatic heterocycles. The Labute approximate surface area is 123 Å². The summed E-state index contributed by atoms with van der Waals surface area (Å²) in [5, 5.41) is 6.64. The van der Waals surface area contributed by atoms with Crippen molar-refractivity contribution in [1.82, 2.24) is 4.98 Å². The van der Waals surface area contributed by atoms with Crippen molar-refractivity contribution >= 4 is 34.7 Å². The van der Waals surface area contributed by atoms with Crippen molar-refractivity contribution in [3.05, 3.63) is 47.6 Å². The summed E-state index contributed by atoms with van der Waals surface area (Å²) in [6, 6.07) is 11.0. The molecule has 1 amide bonds. The number of amides is 1. The normalized spacial score (nSPS) is 10.4. The SMILES string of the molecule is CC(C)C(=O)Nc1ccc(Nc2ccc(Cl)cc2)nc1. The molecule has 0 saturated carbocycles.